The minimum Gasteiger partial charge on any atom is -0.0894 e. The first-order valence-electron chi connectivity index (χ1n) is 3.01. The molecule has 0 spiro atoms. The lowest BCUT2D eigenvalue weighted by Crippen LogP contribution is -1.52. The van der Waals surface area contributed by atoms with Gasteiger partial charge >= 0.3 is 0 Å². The van der Waals surface area contributed by atoms with Gasteiger partial charge in [-0.05, 0) is 24.8 Å². The fourth-order valence-electron chi connectivity index (χ4n) is 0.294. The molecule has 0 amide bonds. The second kappa shape index (κ2) is 6.86. The SMILES string of the molecule is C/C=C\C#CC#CCC. The van der Waals surface area contributed by atoms with E-state index in [0.29, 0.717) is 0 Å². The van der Waals surface area contributed by atoms with Crippen molar-refractivity contribution in [3.8, 4) is 23.7 Å². The zero-order valence-electron chi connectivity index (χ0n) is 5.86. The number of rotatable bonds is 0. The first-order chi connectivity index (χ1) is 4.41. The Bertz CT molecular complexity index is 188. The molecule has 0 N–H and O–H groups in total. The van der Waals surface area contributed by atoms with Crippen LogP contribution in [0.15, 0.2) is 12.2 Å². The third kappa shape index (κ3) is 6.86. The molecular weight excluding hydrogens is 108 g/mol. The summed E-state index contributed by atoms with van der Waals surface area (Å²) in [6, 6.07) is 0. The maximum atomic E-state index is 2.85. The molecule has 0 aliphatic rings. The summed E-state index contributed by atoms with van der Waals surface area (Å²) in [7, 11) is 0. The number of allylic oxidation sites excluding steroid dienone is 2. The van der Waals surface area contributed by atoms with E-state index in [9.17, 15) is 0 Å². The number of hydrogen-bond acceptors (Lipinski definition) is 0. The summed E-state index contributed by atoms with van der Waals surface area (Å²) in [5.41, 5.74) is 0. The van der Waals surface area contributed by atoms with Crippen molar-refractivity contribution in [3.05, 3.63) is 12.2 Å². The van der Waals surface area contributed by atoms with Gasteiger partial charge in [-0.3, -0.25) is 0 Å². The molecule has 0 bridgehead atoms. The van der Waals surface area contributed by atoms with Gasteiger partial charge in [0.25, 0.3) is 0 Å². The molecule has 0 fully saturated rings. The molecule has 0 aromatic carbocycles. The van der Waals surface area contributed by atoms with Crippen molar-refractivity contribution in [2.24, 2.45) is 0 Å². The molecule has 0 nitrogen and oxygen atoms in total. The van der Waals surface area contributed by atoms with Crippen LogP contribution < -0.4 is 0 Å². The van der Waals surface area contributed by atoms with Crippen LogP contribution in [0.1, 0.15) is 20.3 Å². The minimum atomic E-state index is 0.879. The fourth-order valence-corrected chi connectivity index (χ4v) is 0.294. The Morgan fingerprint density at radius 2 is 2.11 bits per heavy atom. The Balaban J connectivity index is 3.61. The van der Waals surface area contributed by atoms with Gasteiger partial charge < -0.3 is 0 Å². The molecule has 0 heterocycles. The van der Waals surface area contributed by atoms with Crippen molar-refractivity contribution in [1.82, 2.24) is 0 Å². The molecular formula is C9H10. The summed E-state index contributed by atoms with van der Waals surface area (Å²) in [6.07, 6.45) is 4.55. The molecule has 0 atom stereocenters. The van der Waals surface area contributed by atoms with Crippen LogP contribution in [0.25, 0.3) is 0 Å². The Morgan fingerprint density at radius 1 is 1.33 bits per heavy atom. The van der Waals surface area contributed by atoms with Gasteiger partial charge in [0.1, 0.15) is 0 Å². The predicted octanol–water partition coefficient (Wildman–Crippen LogP) is 1.98. The van der Waals surface area contributed by atoms with E-state index in [1.807, 2.05) is 19.9 Å². The highest BCUT2D eigenvalue weighted by Gasteiger charge is 1.55. The van der Waals surface area contributed by atoms with Crippen LogP contribution in [0.5, 0.6) is 0 Å². The highest BCUT2D eigenvalue weighted by atomic mass is 13.6. The van der Waals surface area contributed by atoms with E-state index < -0.39 is 0 Å². The van der Waals surface area contributed by atoms with Gasteiger partial charge in [0, 0.05) is 6.42 Å². The molecule has 0 aromatic heterocycles. The van der Waals surface area contributed by atoms with Gasteiger partial charge in [-0.2, -0.15) is 0 Å². The lowest BCUT2D eigenvalue weighted by Gasteiger charge is -1.62. The molecule has 0 saturated carbocycles. The molecule has 0 aromatic rings. The van der Waals surface area contributed by atoms with Crippen LogP contribution in [0.3, 0.4) is 0 Å². The van der Waals surface area contributed by atoms with Crippen LogP contribution in [0.2, 0.25) is 0 Å². The highest BCUT2D eigenvalue weighted by Crippen LogP contribution is 1.66. The maximum absolute atomic E-state index is 2.85. The van der Waals surface area contributed by atoms with Crippen molar-refractivity contribution in [2.75, 3.05) is 0 Å². The van der Waals surface area contributed by atoms with Crippen molar-refractivity contribution in [3.63, 3.8) is 0 Å². The molecule has 0 heteroatoms. The van der Waals surface area contributed by atoms with Gasteiger partial charge in [0.05, 0.1) is 0 Å². The third-order valence-corrected chi connectivity index (χ3v) is 0.650. The van der Waals surface area contributed by atoms with E-state index in [4.69, 9.17) is 0 Å². The summed E-state index contributed by atoms with van der Waals surface area (Å²) < 4.78 is 0. The van der Waals surface area contributed by atoms with Gasteiger partial charge in [-0.15, -0.1) is 0 Å². The van der Waals surface area contributed by atoms with Crippen LogP contribution >= 0.6 is 0 Å². The molecule has 0 aliphatic carbocycles. The summed E-state index contributed by atoms with van der Waals surface area (Å²) >= 11 is 0. The molecule has 0 rings (SSSR count). The van der Waals surface area contributed by atoms with Crippen LogP contribution in [-0.2, 0) is 0 Å². The highest BCUT2D eigenvalue weighted by molar-refractivity contribution is 5.30. The molecule has 46 valence electrons. The Morgan fingerprint density at radius 3 is 2.67 bits per heavy atom. The molecule has 9 heavy (non-hydrogen) atoms. The predicted molar refractivity (Wildman–Crippen MR) is 40.7 cm³/mol. The van der Waals surface area contributed by atoms with Gasteiger partial charge in [0.15, 0.2) is 0 Å². The van der Waals surface area contributed by atoms with Crippen LogP contribution in [0, 0.1) is 23.7 Å². The van der Waals surface area contributed by atoms with E-state index >= 15 is 0 Å². The van der Waals surface area contributed by atoms with Crippen LogP contribution in [-0.4, -0.2) is 0 Å². The Hall–Kier alpha value is -1.14. The average molecular weight is 118 g/mol. The van der Waals surface area contributed by atoms with Crippen molar-refractivity contribution in [2.45, 2.75) is 20.3 Å². The van der Waals surface area contributed by atoms with Gasteiger partial charge in [0.2, 0.25) is 0 Å². The van der Waals surface area contributed by atoms with E-state index in [2.05, 4.69) is 23.7 Å². The minimum absolute atomic E-state index is 0.879. The summed E-state index contributed by atoms with van der Waals surface area (Å²) in [6.45, 7) is 3.94. The molecule has 0 unspecified atom stereocenters. The first kappa shape index (κ1) is 7.86. The molecule has 0 saturated heterocycles. The summed E-state index contributed by atoms with van der Waals surface area (Å²) in [5, 5.41) is 0. The standard InChI is InChI=1S/C9H10/c1-3-5-7-9-8-6-4-2/h3,5H,4H2,1-2H3/b5-3-. The topological polar surface area (TPSA) is 0 Å². The average Bonchev–Trinajstić information content (AvgIpc) is 1.89. The molecule has 0 radical (unpaired) electrons. The van der Waals surface area contributed by atoms with E-state index in [1.165, 1.54) is 0 Å². The van der Waals surface area contributed by atoms with Crippen molar-refractivity contribution >= 4 is 0 Å². The quantitative estimate of drug-likeness (QED) is 0.427. The second-order valence-electron chi connectivity index (χ2n) is 1.42. The molecule has 0 aliphatic heterocycles. The summed E-state index contributed by atoms with van der Waals surface area (Å²) in [4.78, 5) is 0. The van der Waals surface area contributed by atoms with Crippen LogP contribution in [0.4, 0.5) is 0 Å². The normalized spacial score (nSPS) is 7.33. The van der Waals surface area contributed by atoms with Gasteiger partial charge in [-0.1, -0.05) is 24.8 Å². The first-order valence-corrected chi connectivity index (χ1v) is 3.01. The largest absolute Gasteiger partial charge is 0.0894 e. The number of hydrogen-bond donors (Lipinski definition) is 0. The smallest absolute Gasteiger partial charge is 0.00704 e. The van der Waals surface area contributed by atoms with E-state index in [1.54, 1.807) is 6.08 Å². The van der Waals surface area contributed by atoms with Crippen molar-refractivity contribution < 1.29 is 0 Å². The third-order valence-electron chi connectivity index (χ3n) is 0.650. The maximum Gasteiger partial charge on any atom is 0.00704 e. The van der Waals surface area contributed by atoms with Gasteiger partial charge in [-0.25, -0.2) is 0 Å². The lowest BCUT2D eigenvalue weighted by atomic mass is 10.4. The lowest BCUT2D eigenvalue weighted by molar-refractivity contribution is 1.28. The van der Waals surface area contributed by atoms with E-state index in [-0.39, 0.29) is 0 Å². The zero-order valence-corrected chi connectivity index (χ0v) is 5.86. The second-order valence-corrected chi connectivity index (χ2v) is 1.42. The Kier molecular flexibility index (Phi) is 5.99. The van der Waals surface area contributed by atoms with Crippen molar-refractivity contribution in [1.29, 1.82) is 0 Å². The van der Waals surface area contributed by atoms with E-state index in [0.717, 1.165) is 6.42 Å². The summed E-state index contributed by atoms with van der Waals surface area (Å²) in [5.74, 6) is 11.0. The zero-order chi connectivity index (χ0) is 6.95. The fraction of sp³-hybridized carbons (Fsp3) is 0.333. The monoisotopic (exact) mass is 118 g/mol. The Labute approximate surface area is 57.0 Å².